The van der Waals surface area contributed by atoms with Crippen LogP contribution < -0.4 is 5.32 Å². The van der Waals surface area contributed by atoms with Crippen molar-refractivity contribution in [3.8, 4) is 0 Å². The summed E-state index contributed by atoms with van der Waals surface area (Å²) in [5.74, 6) is -0.811. The standard InChI is InChI=1S/C8H18N2O2/c1-4-10(5-2)7(3)9-6-8(11)12/h7,9H,4-6H2,1-3H3,(H,11,12). The van der Waals surface area contributed by atoms with E-state index in [1.165, 1.54) is 0 Å². The molecule has 1 atom stereocenters. The van der Waals surface area contributed by atoms with Crippen molar-refractivity contribution >= 4 is 5.97 Å². The lowest BCUT2D eigenvalue weighted by Crippen LogP contribution is -2.45. The molecule has 0 aliphatic carbocycles. The SMILES string of the molecule is CCN(CC)C(C)NCC(=O)O. The molecule has 2 N–H and O–H groups in total. The number of hydrogen-bond donors (Lipinski definition) is 2. The Labute approximate surface area is 73.6 Å². The molecule has 0 bridgehead atoms. The molecule has 0 rings (SSSR count). The van der Waals surface area contributed by atoms with Crippen molar-refractivity contribution in [2.45, 2.75) is 26.9 Å². The van der Waals surface area contributed by atoms with Crippen LogP contribution in [0.4, 0.5) is 0 Å². The molecule has 0 aromatic rings. The van der Waals surface area contributed by atoms with E-state index >= 15 is 0 Å². The first-order valence-corrected chi connectivity index (χ1v) is 4.31. The smallest absolute Gasteiger partial charge is 0.317 e. The highest BCUT2D eigenvalue weighted by Gasteiger charge is 2.09. The van der Waals surface area contributed by atoms with Crippen molar-refractivity contribution in [2.75, 3.05) is 19.6 Å². The first-order chi connectivity index (χ1) is 5.61. The Bertz CT molecular complexity index is 135. The Morgan fingerprint density at radius 3 is 2.33 bits per heavy atom. The van der Waals surface area contributed by atoms with Crippen LogP contribution in [0.2, 0.25) is 0 Å². The fourth-order valence-corrected chi connectivity index (χ4v) is 1.14. The molecule has 0 heterocycles. The van der Waals surface area contributed by atoms with Crippen LogP contribution >= 0.6 is 0 Å². The second kappa shape index (κ2) is 5.97. The Morgan fingerprint density at radius 2 is 2.00 bits per heavy atom. The first-order valence-electron chi connectivity index (χ1n) is 4.31. The summed E-state index contributed by atoms with van der Waals surface area (Å²) in [5, 5.41) is 11.3. The minimum Gasteiger partial charge on any atom is -0.480 e. The molecule has 0 spiro atoms. The summed E-state index contributed by atoms with van der Waals surface area (Å²) in [6.45, 7) is 7.98. The molecular formula is C8H18N2O2. The fraction of sp³-hybridized carbons (Fsp3) is 0.875. The van der Waals surface area contributed by atoms with Crippen LogP contribution in [-0.4, -0.2) is 41.8 Å². The van der Waals surface area contributed by atoms with Gasteiger partial charge in [0.1, 0.15) is 0 Å². The quantitative estimate of drug-likeness (QED) is 0.570. The molecule has 1 unspecified atom stereocenters. The Balaban J connectivity index is 3.68. The van der Waals surface area contributed by atoms with Crippen LogP contribution in [0.25, 0.3) is 0 Å². The molecule has 0 fully saturated rings. The van der Waals surface area contributed by atoms with Crippen molar-refractivity contribution in [2.24, 2.45) is 0 Å². The minimum atomic E-state index is -0.811. The van der Waals surface area contributed by atoms with E-state index in [-0.39, 0.29) is 12.7 Å². The van der Waals surface area contributed by atoms with E-state index in [4.69, 9.17) is 5.11 Å². The van der Waals surface area contributed by atoms with Gasteiger partial charge in [0.2, 0.25) is 0 Å². The largest absolute Gasteiger partial charge is 0.480 e. The average molecular weight is 174 g/mol. The van der Waals surface area contributed by atoms with Gasteiger partial charge in [0, 0.05) is 0 Å². The summed E-state index contributed by atoms with van der Waals surface area (Å²) in [6.07, 6.45) is 0.135. The normalized spacial score (nSPS) is 13.3. The van der Waals surface area contributed by atoms with Gasteiger partial charge in [-0.15, -0.1) is 0 Å². The lowest BCUT2D eigenvalue weighted by Gasteiger charge is -2.26. The van der Waals surface area contributed by atoms with E-state index in [0.29, 0.717) is 0 Å². The fourth-order valence-electron chi connectivity index (χ4n) is 1.14. The third-order valence-corrected chi connectivity index (χ3v) is 1.91. The van der Waals surface area contributed by atoms with Gasteiger partial charge in [-0.05, 0) is 20.0 Å². The zero-order valence-corrected chi connectivity index (χ0v) is 8.00. The number of rotatable bonds is 6. The van der Waals surface area contributed by atoms with Crippen molar-refractivity contribution in [3.05, 3.63) is 0 Å². The van der Waals surface area contributed by atoms with E-state index in [1.54, 1.807) is 0 Å². The maximum absolute atomic E-state index is 10.2. The van der Waals surface area contributed by atoms with E-state index in [0.717, 1.165) is 13.1 Å². The molecule has 4 nitrogen and oxygen atoms in total. The number of nitrogens with zero attached hydrogens (tertiary/aromatic N) is 1. The highest BCUT2D eigenvalue weighted by Crippen LogP contribution is 1.93. The zero-order valence-electron chi connectivity index (χ0n) is 8.00. The second-order valence-corrected chi connectivity index (χ2v) is 2.67. The van der Waals surface area contributed by atoms with Crippen LogP contribution in [-0.2, 0) is 4.79 Å². The first kappa shape index (κ1) is 11.4. The van der Waals surface area contributed by atoms with Gasteiger partial charge in [0.05, 0.1) is 12.7 Å². The number of carbonyl (C=O) groups is 1. The predicted octanol–water partition coefficient (Wildman–Crippen LogP) is 0.348. The molecule has 0 aromatic heterocycles. The monoisotopic (exact) mass is 174 g/mol. The Hall–Kier alpha value is -0.610. The minimum absolute atomic E-state index is 0.0255. The van der Waals surface area contributed by atoms with E-state index in [9.17, 15) is 4.79 Å². The highest BCUT2D eigenvalue weighted by molar-refractivity contribution is 5.69. The Morgan fingerprint density at radius 1 is 1.50 bits per heavy atom. The summed E-state index contributed by atoms with van der Waals surface area (Å²) >= 11 is 0. The van der Waals surface area contributed by atoms with Crippen molar-refractivity contribution in [1.82, 2.24) is 10.2 Å². The van der Waals surface area contributed by atoms with E-state index in [2.05, 4.69) is 24.1 Å². The van der Waals surface area contributed by atoms with Gasteiger partial charge in [0.15, 0.2) is 0 Å². The predicted molar refractivity (Wildman–Crippen MR) is 48.0 cm³/mol. The molecule has 0 aliphatic rings. The number of carboxylic acid groups (broad SMARTS) is 1. The lowest BCUT2D eigenvalue weighted by molar-refractivity contribution is -0.136. The molecule has 0 amide bonds. The second-order valence-electron chi connectivity index (χ2n) is 2.67. The number of nitrogens with one attached hydrogen (secondary N) is 1. The summed E-state index contributed by atoms with van der Waals surface area (Å²) in [6, 6.07) is 0. The zero-order chi connectivity index (χ0) is 9.56. The molecule has 0 aliphatic heterocycles. The van der Waals surface area contributed by atoms with Gasteiger partial charge >= 0.3 is 5.97 Å². The molecule has 0 aromatic carbocycles. The van der Waals surface area contributed by atoms with E-state index in [1.807, 2.05) is 6.92 Å². The van der Waals surface area contributed by atoms with Crippen molar-refractivity contribution in [3.63, 3.8) is 0 Å². The number of hydrogen-bond acceptors (Lipinski definition) is 3. The summed E-state index contributed by atoms with van der Waals surface area (Å²) in [4.78, 5) is 12.4. The van der Waals surface area contributed by atoms with Crippen molar-refractivity contribution < 1.29 is 9.90 Å². The molecular weight excluding hydrogens is 156 g/mol. The summed E-state index contributed by atoms with van der Waals surface area (Å²) in [5.41, 5.74) is 0. The average Bonchev–Trinajstić information content (AvgIpc) is 2.03. The maximum Gasteiger partial charge on any atom is 0.317 e. The van der Waals surface area contributed by atoms with Crippen LogP contribution in [0.15, 0.2) is 0 Å². The van der Waals surface area contributed by atoms with Gasteiger partial charge in [-0.25, -0.2) is 0 Å². The van der Waals surface area contributed by atoms with Gasteiger partial charge < -0.3 is 5.11 Å². The van der Waals surface area contributed by atoms with Gasteiger partial charge in [-0.1, -0.05) is 13.8 Å². The van der Waals surface area contributed by atoms with Crippen LogP contribution in [0.1, 0.15) is 20.8 Å². The topological polar surface area (TPSA) is 52.6 Å². The van der Waals surface area contributed by atoms with Gasteiger partial charge in [0.25, 0.3) is 0 Å². The lowest BCUT2D eigenvalue weighted by atomic mass is 10.4. The number of aliphatic carboxylic acids is 1. The third-order valence-electron chi connectivity index (χ3n) is 1.91. The summed E-state index contributed by atoms with van der Waals surface area (Å²) in [7, 11) is 0. The number of carboxylic acids is 1. The maximum atomic E-state index is 10.2. The molecule has 0 saturated carbocycles. The molecule has 4 heteroatoms. The molecule has 72 valence electrons. The van der Waals surface area contributed by atoms with Gasteiger partial charge in [-0.3, -0.25) is 15.0 Å². The summed E-state index contributed by atoms with van der Waals surface area (Å²) < 4.78 is 0. The highest BCUT2D eigenvalue weighted by atomic mass is 16.4. The van der Waals surface area contributed by atoms with Crippen LogP contribution in [0, 0.1) is 0 Å². The van der Waals surface area contributed by atoms with Crippen LogP contribution in [0.3, 0.4) is 0 Å². The van der Waals surface area contributed by atoms with E-state index < -0.39 is 5.97 Å². The van der Waals surface area contributed by atoms with Crippen molar-refractivity contribution in [1.29, 1.82) is 0 Å². The van der Waals surface area contributed by atoms with Crippen LogP contribution in [0.5, 0.6) is 0 Å². The Kier molecular flexibility index (Phi) is 5.66. The molecule has 0 radical (unpaired) electrons. The van der Waals surface area contributed by atoms with Gasteiger partial charge in [-0.2, -0.15) is 0 Å². The third kappa shape index (κ3) is 4.31. The molecule has 0 saturated heterocycles. The molecule has 12 heavy (non-hydrogen) atoms.